The summed E-state index contributed by atoms with van der Waals surface area (Å²) < 4.78 is 6.88. The van der Waals surface area contributed by atoms with Crippen LogP contribution in [0.5, 0.6) is 5.75 Å². The van der Waals surface area contributed by atoms with Crippen LogP contribution in [-0.4, -0.2) is 17.2 Å². The molecule has 1 atom stereocenters. The van der Waals surface area contributed by atoms with E-state index in [1.54, 1.807) is 24.3 Å². The molecular formula is C22H19BrN2O3. The fourth-order valence-corrected chi connectivity index (χ4v) is 2.74. The maximum absolute atomic E-state index is 12.0. The van der Waals surface area contributed by atoms with Crippen LogP contribution >= 0.6 is 15.9 Å². The Bertz CT molecular complexity index is 944. The highest BCUT2D eigenvalue weighted by Crippen LogP contribution is 2.19. The molecule has 0 radical (unpaired) electrons. The van der Waals surface area contributed by atoms with E-state index in [2.05, 4.69) is 26.5 Å². The maximum Gasteiger partial charge on any atom is 0.273 e. The number of ether oxygens (including phenoxy) is 1. The van der Waals surface area contributed by atoms with E-state index in [1.165, 1.54) is 6.21 Å². The second kappa shape index (κ2) is 9.82. The van der Waals surface area contributed by atoms with Crippen molar-refractivity contribution in [2.45, 2.75) is 12.7 Å². The predicted octanol–water partition coefficient (Wildman–Crippen LogP) is 4.21. The number of hydrogen-bond acceptors (Lipinski definition) is 4. The summed E-state index contributed by atoms with van der Waals surface area (Å²) in [5.74, 6) is 0.0442. The van der Waals surface area contributed by atoms with Crippen molar-refractivity contribution in [2.24, 2.45) is 5.10 Å². The number of benzene rings is 3. The predicted molar refractivity (Wildman–Crippen MR) is 112 cm³/mol. The number of rotatable bonds is 7. The molecule has 0 aliphatic rings. The van der Waals surface area contributed by atoms with E-state index in [0.29, 0.717) is 23.5 Å². The summed E-state index contributed by atoms with van der Waals surface area (Å²) in [6, 6.07) is 24.0. The first-order valence-electron chi connectivity index (χ1n) is 8.65. The summed E-state index contributed by atoms with van der Waals surface area (Å²) >= 11 is 3.41. The van der Waals surface area contributed by atoms with Gasteiger partial charge in [0, 0.05) is 10.0 Å². The molecular weight excluding hydrogens is 420 g/mol. The number of amides is 1. The zero-order chi connectivity index (χ0) is 19.8. The second-order valence-electron chi connectivity index (χ2n) is 6.00. The number of nitrogens with one attached hydrogen (secondary N) is 1. The van der Waals surface area contributed by atoms with E-state index < -0.39 is 12.0 Å². The second-order valence-corrected chi connectivity index (χ2v) is 6.92. The van der Waals surface area contributed by atoms with Crippen LogP contribution in [-0.2, 0) is 11.4 Å². The summed E-state index contributed by atoms with van der Waals surface area (Å²) in [6.07, 6.45) is 0.217. The third kappa shape index (κ3) is 5.52. The largest absolute Gasteiger partial charge is 0.488 e. The normalized spacial score (nSPS) is 11.9. The molecule has 0 aromatic heterocycles. The molecule has 0 bridgehead atoms. The molecule has 3 rings (SSSR count). The number of halogens is 1. The van der Waals surface area contributed by atoms with Gasteiger partial charge in [0.2, 0.25) is 0 Å². The van der Waals surface area contributed by atoms with Crippen molar-refractivity contribution in [1.29, 1.82) is 0 Å². The lowest BCUT2D eigenvalue weighted by molar-refractivity contribution is -0.129. The van der Waals surface area contributed by atoms with Crippen molar-refractivity contribution < 1.29 is 14.6 Å². The third-order valence-electron chi connectivity index (χ3n) is 3.97. The molecule has 28 heavy (non-hydrogen) atoms. The van der Waals surface area contributed by atoms with E-state index in [1.807, 2.05) is 54.6 Å². The van der Waals surface area contributed by atoms with Crippen LogP contribution < -0.4 is 10.2 Å². The zero-order valence-electron chi connectivity index (χ0n) is 15.0. The minimum atomic E-state index is -1.28. The summed E-state index contributed by atoms with van der Waals surface area (Å²) in [4.78, 5) is 12.0. The Kier molecular flexibility index (Phi) is 6.94. The molecule has 0 aliphatic carbocycles. The Morgan fingerprint density at radius 3 is 2.46 bits per heavy atom. The van der Waals surface area contributed by atoms with Crippen molar-refractivity contribution in [1.82, 2.24) is 5.43 Å². The van der Waals surface area contributed by atoms with Crippen LogP contribution in [0.3, 0.4) is 0 Å². The lowest BCUT2D eigenvalue weighted by Gasteiger charge is -2.10. The number of aliphatic hydroxyl groups is 1. The van der Waals surface area contributed by atoms with Gasteiger partial charge in [0.1, 0.15) is 12.4 Å². The number of nitrogens with zero attached hydrogens (tertiary/aromatic N) is 1. The highest BCUT2D eigenvalue weighted by Gasteiger charge is 2.16. The first-order chi connectivity index (χ1) is 13.6. The van der Waals surface area contributed by atoms with Gasteiger partial charge in [0.15, 0.2) is 6.10 Å². The van der Waals surface area contributed by atoms with Crippen LogP contribution in [0.1, 0.15) is 22.8 Å². The van der Waals surface area contributed by atoms with E-state index in [-0.39, 0.29) is 0 Å². The van der Waals surface area contributed by atoms with Gasteiger partial charge < -0.3 is 9.84 Å². The van der Waals surface area contributed by atoms with Crippen molar-refractivity contribution >= 4 is 28.1 Å². The molecule has 1 amide bonds. The Hall–Kier alpha value is -2.96. The van der Waals surface area contributed by atoms with E-state index in [9.17, 15) is 9.90 Å². The van der Waals surface area contributed by atoms with Crippen LogP contribution in [0.2, 0.25) is 0 Å². The Labute approximate surface area is 171 Å². The van der Waals surface area contributed by atoms with E-state index in [4.69, 9.17) is 4.74 Å². The van der Waals surface area contributed by atoms with Crippen LogP contribution in [0.4, 0.5) is 0 Å². The Morgan fingerprint density at radius 1 is 1.04 bits per heavy atom. The van der Waals surface area contributed by atoms with Crippen molar-refractivity contribution in [3.05, 3.63) is 100 Å². The molecule has 142 valence electrons. The van der Waals surface area contributed by atoms with Gasteiger partial charge in [-0.2, -0.15) is 5.10 Å². The Morgan fingerprint density at radius 2 is 1.71 bits per heavy atom. The molecule has 0 saturated carbocycles. The third-order valence-corrected chi connectivity index (χ3v) is 4.50. The summed E-state index contributed by atoms with van der Waals surface area (Å²) in [5.41, 5.74) is 4.62. The molecule has 0 fully saturated rings. The molecule has 6 heteroatoms. The van der Waals surface area contributed by atoms with Gasteiger partial charge in [-0.1, -0.05) is 70.5 Å². The monoisotopic (exact) mass is 438 g/mol. The number of hydrazone groups is 1. The summed E-state index contributed by atoms with van der Waals surface area (Å²) in [7, 11) is 0. The standard InChI is InChI=1S/C22H19BrN2O3/c23-19-12-10-16(11-13-19)15-28-20-9-5-4-8-18(20)14-24-25-22(27)21(26)17-6-2-1-3-7-17/h1-14,21,26H,15H2,(H,25,27)/b24-14-/t21-/m0/s1. The average Bonchev–Trinajstić information content (AvgIpc) is 2.74. The number of para-hydroxylation sites is 1. The van der Waals surface area contributed by atoms with E-state index >= 15 is 0 Å². The topological polar surface area (TPSA) is 70.9 Å². The molecule has 0 heterocycles. The van der Waals surface area contributed by atoms with Gasteiger partial charge in [0.05, 0.1) is 6.21 Å². The number of carbonyl (C=O) groups is 1. The highest BCUT2D eigenvalue weighted by atomic mass is 79.9. The van der Waals surface area contributed by atoms with Crippen molar-refractivity contribution in [2.75, 3.05) is 0 Å². The average molecular weight is 439 g/mol. The van der Waals surface area contributed by atoms with Crippen molar-refractivity contribution in [3.8, 4) is 5.75 Å². The smallest absolute Gasteiger partial charge is 0.273 e. The molecule has 0 aliphatic heterocycles. The van der Waals surface area contributed by atoms with Gasteiger partial charge in [-0.25, -0.2) is 5.43 Å². The van der Waals surface area contributed by atoms with Crippen LogP contribution in [0, 0.1) is 0 Å². The van der Waals surface area contributed by atoms with Gasteiger partial charge in [0.25, 0.3) is 5.91 Å². The molecule has 0 unspecified atom stereocenters. The minimum Gasteiger partial charge on any atom is -0.488 e. The quantitative estimate of drug-likeness (QED) is 0.428. The van der Waals surface area contributed by atoms with Gasteiger partial charge >= 0.3 is 0 Å². The van der Waals surface area contributed by atoms with Crippen molar-refractivity contribution in [3.63, 3.8) is 0 Å². The van der Waals surface area contributed by atoms with Gasteiger partial charge in [-0.15, -0.1) is 0 Å². The fourth-order valence-electron chi connectivity index (χ4n) is 2.47. The molecule has 0 spiro atoms. The maximum atomic E-state index is 12.0. The first-order valence-corrected chi connectivity index (χ1v) is 9.45. The fraction of sp³-hybridized carbons (Fsp3) is 0.0909. The lowest BCUT2D eigenvalue weighted by atomic mass is 10.1. The summed E-state index contributed by atoms with van der Waals surface area (Å²) in [6.45, 7) is 0.414. The Balaban J connectivity index is 1.61. The number of aliphatic hydroxyl groups excluding tert-OH is 1. The molecule has 2 N–H and O–H groups in total. The van der Waals surface area contributed by atoms with Gasteiger partial charge in [-0.05, 0) is 35.4 Å². The minimum absolute atomic E-state index is 0.414. The molecule has 3 aromatic rings. The number of hydrogen-bond donors (Lipinski definition) is 2. The van der Waals surface area contributed by atoms with E-state index in [0.717, 1.165) is 10.0 Å². The summed E-state index contributed by atoms with van der Waals surface area (Å²) in [5, 5.41) is 14.0. The first kappa shape index (κ1) is 19.8. The molecule has 5 nitrogen and oxygen atoms in total. The highest BCUT2D eigenvalue weighted by molar-refractivity contribution is 9.10. The van der Waals surface area contributed by atoms with Gasteiger partial charge in [-0.3, -0.25) is 4.79 Å². The molecule has 0 saturated heterocycles. The lowest BCUT2D eigenvalue weighted by Crippen LogP contribution is -2.25. The molecule has 3 aromatic carbocycles. The van der Waals surface area contributed by atoms with Crippen LogP contribution in [0.25, 0.3) is 0 Å². The zero-order valence-corrected chi connectivity index (χ0v) is 16.5. The number of carbonyl (C=O) groups excluding carboxylic acids is 1. The SMILES string of the molecule is O=C(N/N=C\c1ccccc1OCc1ccc(Br)cc1)[C@@H](O)c1ccccc1. The van der Waals surface area contributed by atoms with Crippen LogP contribution in [0.15, 0.2) is 88.4 Å².